The van der Waals surface area contributed by atoms with Crippen molar-refractivity contribution in [3.63, 3.8) is 0 Å². The van der Waals surface area contributed by atoms with Gasteiger partial charge in [-0.25, -0.2) is 19.7 Å². The molecule has 0 radical (unpaired) electrons. The summed E-state index contributed by atoms with van der Waals surface area (Å²) in [7, 11) is -3.31. The Bertz CT molecular complexity index is 1110. The van der Waals surface area contributed by atoms with Crippen molar-refractivity contribution in [1.29, 1.82) is 0 Å². The molecule has 1 aliphatic carbocycles. The van der Waals surface area contributed by atoms with Crippen LogP contribution in [0.2, 0.25) is 16.6 Å². The van der Waals surface area contributed by atoms with Crippen LogP contribution >= 0.6 is 0 Å². The molecule has 34 heavy (non-hydrogen) atoms. The number of pyridine rings is 1. The standard InChI is InChI=1S/C25H37N5O2SSi/c1-16(2)34(17(3)4,18(5)6)13-12-19-14-22(29-24(31)27-20-10-8-9-11-20)28-23-21(19)15-26-25(30-23)33(7)32/h14-18,20H,8-11H2,1-7H3,(H2,26,27,28,29,30,31). The second-order valence-corrected chi connectivity index (χ2v) is 17.0. The van der Waals surface area contributed by atoms with Gasteiger partial charge in [0, 0.05) is 24.1 Å². The smallest absolute Gasteiger partial charge is 0.320 e. The van der Waals surface area contributed by atoms with Crippen molar-refractivity contribution in [3.05, 3.63) is 17.8 Å². The van der Waals surface area contributed by atoms with E-state index in [4.69, 9.17) is 0 Å². The minimum absolute atomic E-state index is 0.200. The van der Waals surface area contributed by atoms with Gasteiger partial charge in [0.05, 0.1) is 16.2 Å². The van der Waals surface area contributed by atoms with E-state index >= 15 is 0 Å². The quantitative estimate of drug-likeness (QED) is 0.315. The van der Waals surface area contributed by atoms with Gasteiger partial charge in [-0.2, -0.15) is 0 Å². The largest absolute Gasteiger partial charge is 0.335 e. The molecule has 2 aromatic rings. The second-order valence-electron chi connectivity index (χ2n) is 10.1. The number of nitrogens with zero attached hydrogens (tertiary/aromatic N) is 3. The van der Waals surface area contributed by atoms with Crippen molar-refractivity contribution in [1.82, 2.24) is 20.3 Å². The lowest BCUT2D eigenvalue weighted by Gasteiger charge is -2.38. The summed E-state index contributed by atoms with van der Waals surface area (Å²) in [6.07, 6.45) is 7.45. The maximum absolute atomic E-state index is 12.6. The molecule has 2 aromatic heterocycles. The molecule has 0 bridgehead atoms. The molecule has 1 fully saturated rings. The molecule has 1 aliphatic rings. The topological polar surface area (TPSA) is 96.9 Å². The van der Waals surface area contributed by atoms with Crippen molar-refractivity contribution in [2.24, 2.45) is 0 Å². The van der Waals surface area contributed by atoms with Crippen molar-refractivity contribution >= 4 is 41.8 Å². The number of urea groups is 1. The number of carbonyl (C=O) groups excluding carboxylic acids is 1. The predicted octanol–water partition coefficient (Wildman–Crippen LogP) is 5.40. The van der Waals surface area contributed by atoms with E-state index in [1.165, 1.54) is 6.26 Å². The Balaban J connectivity index is 2.08. The number of hydrogen-bond acceptors (Lipinski definition) is 5. The number of hydrogen-bond donors (Lipinski definition) is 2. The number of rotatable bonds is 6. The molecule has 1 unspecified atom stereocenters. The number of nitrogens with one attached hydrogen (secondary N) is 2. The molecule has 1 atom stereocenters. The fourth-order valence-electron chi connectivity index (χ4n) is 5.32. The van der Waals surface area contributed by atoms with Gasteiger partial charge in [0.1, 0.15) is 13.9 Å². The molecule has 0 spiro atoms. The van der Waals surface area contributed by atoms with Crippen molar-refractivity contribution in [2.45, 2.75) is 95.0 Å². The first-order valence-electron chi connectivity index (χ1n) is 12.2. The molecule has 0 aromatic carbocycles. The Morgan fingerprint density at radius 3 is 2.26 bits per heavy atom. The van der Waals surface area contributed by atoms with E-state index in [-0.39, 0.29) is 17.2 Å². The zero-order valence-corrected chi connectivity index (χ0v) is 23.2. The van der Waals surface area contributed by atoms with Gasteiger partial charge in [-0.05, 0) is 35.5 Å². The summed E-state index contributed by atoms with van der Waals surface area (Å²) in [5.74, 6) is 3.83. The number of anilines is 1. The summed E-state index contributed by atoms with van der Waals surface area (Å²) in [4.78, 5) is 25.8. The van der Waals surface area contributed by atoms with Crippen molar-refractivity contribution < 1.29 is 9.00 Å². The lowest BCUT2D eigenvalue weighted by atomic mass is 10.2. The highest BCUT2D eigenvalue weighted by atomic mass is 32.2. The lowest BCUT2D eigenvalue weighted by Crippen LogP contribution is -2.43. The zero-order chi connectivity index (χ0) is 25.0. The zero-order valence-electron chi connectivity index (χ0n) is 21.4. The molecule has 7 nitrogen and oxygen atoms in total. The van der Waals surface area contributed by atoms with Crippen LogP contribution in [0.4, 0.5) is 10.6 Å². The predicted molar refractivity (Wildman–Crippen MR) is 142 cm³/mol. The first-order chi connectivity index (χ1) is 16.0. The molecule has 0 saturated heterocycles. The van der Waals surface area contributed by atoms with Crippen LogP contribution in [0.25, 0.3) is 11.0 Å². The SMILES string of the molecule is CC(C)[Si](C#Cc1cc(NC(=O)NC2CCCC2)nc2nc(S(C)=O)ncc12)(C(C)C)C(C)C. The van der Waals surface area contributed by atoms with Gasteiger partial charge in [-0.15, -0.1) is 5.54 Å². The highest BCUT2D eigenvalue weighted by Crippen LogP contribution is 2.41. The minimum atomic E-state index is -1.97. The first-order valence-corrected chi connectivity index (χ1v) is 16.0. The Morgan fingerprint density at radius 2 is 1.71 bits per heavy atom. The molecule has 2 heterocycles. The molecular weight excluding hydrogens is 462 g/mol. The summed E-state index contributed by atoms with van der Waals surface area (Å²) >= 11 is 0. The van der Waals surface area contributed by atoms with Gasteiger partial charge >= 0.3 is 6.03 Å². The molecule has 9 heteroatoms. The maximum Gasteiger partial charge on any atom is 0.320 e. The maximum atomic E-state index is 12.6. The van der Waals surface area contributed by atoms with Gasteiger partial charge in [0.25, 0.3) is 0 Å². The highest BCUT2D eigenvalue weighted by Gasteiger charge is 2.41. The third-order valence-electron chi connectivity index (χ3n) is 7.01. The molecular formula is C25H37N5O2SSi. The Kier molecular flexibility index (Phi) is 8.47. The first kappa shape index (κ1) is 26.3. The van der Waals surface area contributed by atoms with Crippen LogP contribution in [-0.2, 0) is 10.8 Å². The summed E-state index contributed by atoms with van der Waals surface area (Å²) in [6.45, 7) is 13.7. The lowest BCUT2D eigenvalue weighted by molar-refractivity contribution is 0.248. The van der Waals surface area contributed by atoms with E-state index in [0.717, 1.165) is 31.2 Å². The van der Waals surface area contributed by atoms with E-state index in [0.29, 0.717) is 33.5 Å². The summed E-state index contributed by atoms with van der Waals surface area (Å²) in [5.41, 5.74) is 6.33. The Labute approximate surface area is 206 Å². The molecule has 0 aliphatic heterocycles. The normalized spacial score (nSPS) is 15.6. The number of carbonyl (C=O) groups is 1. The van der Waals surface area contributed by atoms with Gasteiger partial charge in [-0.1, -0.05) is 60.3 Å². The van der Waals surface area contributed by atoms with Crippen LogP contribution in [0.5, 0.6) is 0 Å². The number of fused-ring (bicyclic) bond motifs is 1. The number of aromatic nitrogens is 3. The third-order valence-corrected chi connectivity index (χ3v) is 14.0. The second kappa shape index (κ2) is 11.0. The Hall–Kier alpha value is -2.31. The average Bonchev–Trinajstić information content (AvgIpc) is 3.25. The van der Waals surface area contributed by atoms with Gasteiger partial charge in [0.2, 0.25) is 5.16 Å². The monoisotopic (exact) mass is 499 g/mol. The van der Waals surface area contributed by atoms with Gasteiger partial charge in [-0.3, -0.25) is 9.53 Å². The van der Waals surface area contributed by atoms with Crippen molar-refractivity contribution in [2.75, 3.05) is 11.6 Å². The van der Waals surface area contributed by atoms with Crippen LogP contribution in [-0.4, -0.2) is 45.6 Å². The fraction of sp³-hybridized carbons (Fsp3) is 0.600. The highest BCUT2D eigenvalue weighted by molar-refractivity contribution is 7.84. The van der Waals surface area contributed by atoms with E-state index in [1.54, 1.807) is 12.3 Å². The average molecular weight is 500 g/mol. The van der Waals surface area contributed by atoms with E-state index in [1.807, 2.05) is 0 Å². The van der Waals surface area contributed by atoms with Crippen LogP contribution in [0.3, 0.4) is 0 Å². The molecule has 184 valence electrons. The molecule has 3 rings (SSSR count). The summed E-state index contributed by atoms with van der Waals surface area (Å²) in [6, 6.07) is 1.72. The van der Waals surface area contributed by atoms with E-state index in [9.17, 15) is 9.00 Å². The van der Waals surface area contributed by atoms with Crippen LogP contribution in [0.15, 0.2) is 17.4 Å². The third kappa shape index (κ3) is 5.66. The van der Waals surface area contributed by atoms with E-state index in [2.05, 4.69) is 78.6 Å². The minimum Gasteiger partial charge on any atom is -0.335 e. The molecule has 2 amide bonds. The van der Waals surface area contributed by atoms with Crippen LogP contribution < -0.4 is 10.6 Å². The van der Waals surface area contributed by atoms with E-state index < -0.39 is 18.9 Å². The van der Waals surface area contributed by atoms with Crippen LogP contribution in [0, 0.1) is 11.5 Å². The van der Waals surface area contributed by atoms with Gasteiger partial charge < -0.3 is 5.32 Å². The Morgan fingerprint density at radius 1 is 1.09 bits per heavy atom. The van der Waals surface area contributed by atoms with Gasteiger partial charge in [0.15, 0.2) is 5.65 Å². The van der Waals surface area contributed by atoms with Crippen LogP contribution in [0.1, 0.15) is 72.8 Å². The fourth-order valence-corrected chi connectivity index (χ4v) is 10.9. The molecule has 1 saturated carbocycles. The number of amides is 2. The summed E-state index contributed by atoms with van der Waals surface area (Å²) < 4.78 is 12.0. The summed E-state index contributed by atoms with van der Waals surface area (Å²) in [5, 5.41) is 6.79. The van der Waals surface area contributed by atoms with Crippen molar-refractivity contribution in [3.8, 4) is 11.5 Å². The molecule has 2 N–H and O–H groups in total.